The molecule has 2 heterocycles. The molecular formula is C24H22ClFN6O3. The lowest BCUT2D eigenvalue weighted by atomic mass is 10.0. The maximum Gasteiger partial charge on any atom is 0.254 e. The van der Waals surface area contributed by atoms with Crippen molar-refractivity contribution in [1.29, 1.82) is 0 Å². The summed E-state index contributed by atoms with van der Waals surface area (Å²) in [6.07, 6.45) is 0.0544. The molecule has 0 atom stereocenters. The van der Waals surface area contributed by atoms with Crippen molar-refractivity contribution < 1.29 is 18.5 Å². The van der Waals surface area contributed by atoms with Gasteiger partial charge in [-0.1, -0.05) is 41.0 Å². The summed E-state index contributed by atoms with van der Waals surface area (Å²) in [4.78, 5) is 24.5. The van der Waals surface area contributed by atoms with Gasteiger partial charge in [0, 0.05) is 23.2 Å². The van der Waals surface area contributed by atoms with E-state index in [4.69, 9.17) is 27.6 Å². The van der Waals surface area contributed by atoms with E-state index in [9.17, 15) is 14.0 Å². The number of primary amides is 1. The van der Waals surface area contributed by atoms with E-state index >= 15 is 0 Å². The fourth-order valence-electron chi connectivity index (χ4n) is 3.59. The molecule has 4 aromatic rings. The van der Waals surface area contributed by atoms with E-state index in [0.29, 0.717) is 28.1 Å². The molecule has 11 heteroatoms. The fourth-order valence-corrected chi connectivity index (χ4v) is 3.86. The summed E-state index contributed by atoms with van der Waals surface area (Å²) in [5.74, 6) is -1.13. The van der Waals surface area contributed by atoms with Gasteiger partial charge in [0.05, 0.1) is 11.4 Å². The predicted molar refractivity (Wildman–Crippen MR) is 130 cm³/mol. The first-order chi connectivity index (χ1) is 16.6. The quantitative estimate of drug-likeness (QED) is 0.345. The number of carbonyl (C=O) groups excluding carboxylic acids is 2. The molecule has 2 aromatic heterocycles. The van der Waals surface area contributed by atoms with E-state index in [1.807, 2.05) is 13.8 Å². The minimum atomic E-state index is -0.666. The van der Waals surface area contributed by atoms with Crippen LogP contribution in [0.15, 0.2) is 53.1 Å². The monoisotopic (exact) mass is 496 g/mol. The van der Waals surface area contributed by atoms with Gasteiger partial charge in [-0.15, -0.1) is 0 Å². The molecule has 35 heavy (non-hydrogen) atoms. The second kappa shape index (κ2) is 9.59. The van der Waals surface area contributed by atoms with Crippen molar-refractivity contribution in [3.63, 3.8) is 0 Å². The molecule has 0 saturated carbocycles. The summed E-state index contributed by atoms with van der Waals surface area (Å²) in [7, 11) is 0. The minimum absolute atomic E-state index is 0.0544. The van der Waals surface area contributed by atoms with Gasteiger partial charge in [0.25, 0.3) is 5.91 Å². The van der Waals surface area contributed by atoms with Crippen molar-refractivity contribution in [2.45, 2.75) is 26.3 Å². The van der Waals surface area contributed by atoms with Crippen LogP contribution in [0.3, 0.4) is 0 Å². The third-order valence-corrected chi connectivity index (χ3v) is 5.57. The summed E-state index contributed by atoms with van der Waals surface area (Å²) in [6, 6.07) is 12.3. The number of hydrogen-bond donors (Lipinski definition) is 3. The molecule has 0 spiro atoms. The van der Waals surface area contributed by atoms with E-state index in [0.717, 1.165) is 0 Å². The van der Waals surface area contributed by atoms with Gasteiger partial charge in [-0.05, 0) is 37.6 Å². The molecule has 4 rings (SSSR count). The zero-order valence-electron chi connectivity index (χ0n) is 18.9. The van der Waals surface area contributed by atoms with Crippen molar-refractivity contribution >= 4 is 35.1 Å². The topological polar surface area (TPSA) is 142 Å². The maximum absolute atomic E-state index is 13.3. The second-order valence-corrected chi connectivity index (χ2v) is 8.54. The lowest BCUT2D eigenvalue weighted by molar-refractivity contribution is -0.115. The molecule has 0 aliphatic rings. The van der Waals surface area contributed by atoms with Gasteiger partial charge in [0.1, 0.15) is 28.6 Å². The first-order valence-electron chi connectivity index (χ1n) is 10.6. The Morgan fingerprint density at radius 2 is 1.89 bits per heavy atom. The zero-order valence-corrected chi connectivity index (χ0v) is 19.6. The van der Waals surface area contributed by atoms with Crippen LogP contribution in [-0.4, -0.2) is 26.8 Å². The molecule has 2 amide bonds. The second-order valence-electron chi connectivity index (χ2n) is 8.13. The van der Waals surface area contributed by atoms with Crippen LogP contribution < -0.4 is 16.8 Å². The SMILES string of the molecule is CC(C)n1nc(-c2ccc(CC(=O)Nc3cc(-c4ccc(F)cc4Cl)no3)cc2)c(C(N)=O)c1N. The van der Waals surface area contributed by atoms with E-state index in [1.165, 1.54) is 24.3 Å². The highest BCUT2D eigenvalue weighted by Gasteiger charge is 2.22. The van der Waals surface area contributed by atoms with Gasteiger partial charge in [-0.25, -0.2) is 9.07 Å². The number of aromatic nitrogens is 3. The molecule has 0 fully saturated rings. The number of nitrogens with zero attached hydrogens (tertiary/aromatic N) is 3. The summed E-state index contributed by atoms with van der Waals surface area (Å²) in [6.45, 7) is 3.79. The molecule has 180 valence electrons. The highest BCUT2D eigenvalue weighted by atomic mass is 35.5. The summed E-state index contributed by atoms with van der Waals surface area (Å²) >= 11 is 6.05. The molecule has 0 saturated heterocycles. The fraction of sp³-hybridized carbons (Fsp3) is 0.167. The largest absolute Gasteiger partial charge is 0.383 e. The van der Waals surface area contributed by atoms with Gasteiger partial charge in [-0.3, -0.25) is 14.9 Å². The van der Waals surface area contributed by atoms with Crippen LogP contribution in [0.25, 0.3) is 22.5 Å². The highest BCUT2D eigenvalue weighted by Crippen LogP contribution is 2.30. The number of benzene rings is 2. The number of nitrogen functional groups attached to an aromatic ring is 1. The van der Waals surface area contributed by atoms with Crippen molar-refractivity contribution in [1.82, 2.24) is 14.9 Å². The van der Waals surface area contributed by atoms with Crippen LogP contribution in [0.1, 0.15) is 35.8 Å². The van der Waals surface area contributed by atoms with E-state index in [-0.39, 0.29) is 40.7 Å². The average Bonchev–Trinajstić information content (AvgIpc) is 3.38. The van der Waals surface area contributed by atoms with Gasteiger partial charge < -0.3 is 16.0 Å². The Balaban J connectivity index is 1.46. The van der Waals surface area contributed by atoms with Gasteiger partial charge in [0.15, 0.2) is 0 Å². The molecule has 0 aliphatic carbocycles. The Bertz CT molecular complexity index is 1410. The smallest absolute Gasteiger partial charge is 0.254 e. The number of rotatable bonds is 7. The molecule has 2 aromatic carbocycles. The van der Waals surface area contributed by atoms with Crippen molar-refractivity contribution in [2.24, 2.45) is 5.73 Å². The Hall–Kier alpha value is -4.18. The molecule has 0 unspecified atom stereocenters. The third kappa shape index (κ3) is 5.02. The number of amides is 2. The third-order valence-electron chi connectivity index (χ3n) is 5.25. The van der Waals surface area contributed by atoms with E-state index in [1.54, 1.807) is 28.9 Å². The minimum Gasteiger partial charge on any atom is -0.383 e. The molecular weight excluding hydrogens is 475 g/mol. The first-order valence-corrected chi connectivity index (χ1v) is 11.0. The zero-order chi connectivity index (χ0) is 25.3. The first kappa shape index (κ1) is 24.0. The van der Waals surface area contributed by atoms with Crippen LogP contribution in [0.2, 0.25) is 5.02 Å². The van der Waals surface area contributed by atoms with Gasteiger partial charge in [-0.2, -0.15) is 5.10 Å². The number of hydrogen-bond acceptors (Lipinski definition) is 6. The summed E-state index contributed by atoms with van der Waals surface area (Å²) < 4.78 is 20.0. The Morgan fingerprint density at radius 1 is 1.17 bits per heavy atom. The number of nitrogens with two attached hydrogens (primary N) is 2. The summed E-state index contributed by atoms with van der Waals surface area (Å²) in [5.41, 5.74) is 14.3. The maximum atomic E-state index is 13.3. The average molecular weight is 497 g/mol. The van der Waals surface area contributed by atoms with Crippen LogP contribution in [0, 0.1) is 5.82 Å². The van der Waals surface area contributed by atoms with Gasteiger partial charge in [0.2, 0.25) is 11.8 Å². The standard InChI is InChI=1S/C24H22ClFN6O3/c1-12(2)32-23(27)21(24(28)34)22(30-32)14-5-3-13(4-6-14)9-19(33)29-20-11-18(31-35-20)16-8-7-15(26)10-17(16)25/h3-8,10-12H,9,27H2,1-2H3,(H2,28,34)(H,29,33). The molecule has 9 nitrogen and oxygen atoms in total. The van der Waals surface area contributed by atoms with Crippen molar-refractivity contribution in [2.75, 3.05) is 11.1 Å². The molecule has 0 aliphatic heterocycles. The lowest BCUT2D eigenvalue weighted by Crippen LogP contribution is -2.15. The predicted octanol–water partition coefficient (Wildman–Crippen LogP) is 4.44. The lowest BCUT2D eigenvalue weighted by Gasteiger charge is -2.07. The van der Waals surface area contributed by atoms with E-state index < -0.39 is 11.7 Å². The number of carbonyl (C=O) groups is 2. The highest BCUT2D eigenvalue weighted by molar-refractivity contribution is 6.33. The van der Waals surface area contributed by atoms with Crippen molar-refractivity contribution in [3.05, 3.63) is 70.5 Å². The Morgan fingerprint density at radius 3 is 2.51 bits per heavy atom. The normalized spacial score (nSPS) is 11.1. The van der Waals surface area contributed by atoms with Gasteiger partial charge >= 0.3 is 0 Å². The van der Waals surface area contributed by atoms with Crippen LogP contribution in [0.5, 0.6) is 0 Å². The Labute approximate surface area is 204 Å². The van der Waals surface area contributed by atoms with Crippen molar-refractivity contribution in [3.8, 4) is 22.5 Å². The van der Waals surface area contributed by atoms with Crippen LogP contribution in [-0.2, 0) is 11.2 Å². The number of anilines is 2. The molecule has 0 bridgehead atoms. The number of nitrogens with one attached hydrogen (secondary N) is 1. The molecule has 5 N–H and O–H groups in total. The summed E-state index contributed by atoms with van der Waals surface area (Å²) in [5, 5.41) is 11.1. The van der Waals surface area contributed by atoms with Crippen LogP contribution in [0.4, 0.5) is 16.1 Å². The molecule has 0 radical (unpaired) electrons. The van der Waals surface area contributed by atoms with Crippen LogP contribution >= 0.6 is 11.6 Å². The Kier molecular flexibility index (Phi) is 6.57. The van der Waals surface area contributed by atoms with E-state index in [2.05, 4.69) is 15.6 Å². The number of halogens is 2.